The summed E-state index contributed by atoms with van der Waals surface area (Å²) in [4.78, 5) is 27.2. The first-order valence-electron chi connectivity index (χ1n) is 12.5. The van der Waals surface area contributed by atoms with Crippen molar-refractivity contribution in [1.82, 2.24) is 14.2 Å². The normalized spacial score (nSPS) is 21.0. The minimum Gasteiger partial charge on any atom is -0.381 e. The van der Waals surface area contributed by atoms with Crippen LogP contribution in [0.15, 0.2) is 18.2 Å². The van der Waals surface area contributed by atoms with E-state index in [4.69, 9.17) is 9.47 Å². The van der Waals surface area contributed by atoms with Gasteiger partial charge in [-0.2, -0.15) is 0 Å². The van der Waals surface area contributed by atoms with Crippen molar-refractivity contribution in [2.24, 2.45) is 11.8 Å². The Morgan fingerprint density at radius 3 is 2.54 bits per heavy atom. The van der Waals surface area contributed by atoms with Crippen molar-refractivity contribution >= 4 is 33.6 Å². The maximum atomic E-state index is 13.3. The van der Waals surface area contributed by atoms with E-state index in [-0.39, 0.29) is 24.4 Å². The fourth-order valence-electron chi connectivity index (χ4n) is 5.75. The van der Waals surface area contributed by atoms with E-state index >= 15 is 0 Å². The third kappa shape index (κ3) is 4.83. The molecular weight excluding hydrogens is 470 g/mol. The second-order valence-corrected chi connectivity index (χ2v) is 10.7. The van der Waals surface area contributed by atoms with Crippen LogP contribution in [-0.2, 0) is 38.0 Å². The number of amides is 2. The molecule has 10 heteroatoms. The van der Waals surface area contributed by atoms with Crippen LogP contribution in [0.4, 0.5) is 0 Å². The van der Waals surface area contributed by atoms with E-state index in [1.54, 1.807) is 12.1 Å². The molecule has 2 fully saturated rings. The predicted octanol–water partition coefficient (Wildman–Crippen LogP) is 1.52. The van der Waals surface area contributed by atoms with Gasteiger partial charge in [0, 0.05) is 36.4 Å². The van der Waals surface area contributed by atoms with Crippen LogP contribution in [0.2, 0.25) is 0 Å². The lowest BCUT2D eigenvalue weighted by Gasteiger charge is -2.33. The quantitative estimate of drug-likeness (QED) is 0.555. The molecule has 1 aliphatic carbocycles. The highest BCUT2D eigenvalue weighted by Gasteiger charge is 2.32. The topological polar surface area (TPSA) is 107 Å². The van der Waals surface area contributed by atoms with Gasteiger partial charge in [0.05, 0.1) is 31.3 Å². The van der Waals surface area contributed by atoms with E-state index in [1.807, 2.05) is 13.0 Å². The summed E-state index contributed by atoms with van der Waals surface area (Å²) in [5.41, 5.74) is 2.98. The molecule has 2 aromatic rings. The highest BCUT2D eigenvalue weighted by atomic mass is 32.2. The molecule has 5 rings (SSSR count). The average Bonchev–Trinajstić information content (AvgIpc) is 3.18. The number of nitrogens with one attached hydrogen (secondary N) is 1. The van der Waals surface area contributed by atoms with Crippen molar-refractivity contribution < 1.29 is 27.5 Å². The van der Waals surface area contributed by atoms with Crippen molar-refractivity contribution in [2.45, 2.75) is 45.1 Å². The van der Waals surface area contributed by atoms with Crippen LogP contribution in [-0.4, -0.2) is 74.7 Å². The number of likely N-dealkylation sites (N-methyl/N-ethyl adjacent to an activating group) is 1. The minimum absolute atomic E-state index is 0.0108. The fraction of sp³-hybridized carbons (Fsp3) is 0.600. The van der Waals surface area contributed by atoms with E-state index in [1.165, 1.54) is 8.87 Å². The van der Waals surface area contributed by atoms with E-state index in [2.05, 4.69) is 5.32 Å². The molecule has 1 aromatic carbocycles. The number of aromatic nitrogens is 1. The van der Waals surface area contributed by atoms with Crippen LogP contribution >= 0.6 is 0 Å². The van der Waals surface area contributed by atoms with Crippen molar-refractivity contribution in [3.8, 4) is 0 Å². The van der Waals surface area contributed by atoms with Crippen LogP contribution in [0, 0.1) is 11.8 Å². The summed E-state index contributed by atoms with van der Waals surface area (Å²) in [6, 6.07) is 5.23. The molecule has 0 spiro atoms. The zero-order chi connectivity index (χ0) is 24.5. The number of hydrogen-bond donors (Lipinski definition) is 2. The molecule has 0 bridgehead atoms. The number of carbonyl (C=O) groups is 2. The van der Waals surface area contributed by atoms with Crippen LogP contribution in [0.3, 0.4) is 0 Å². The largest absolute Gasteiger partial charge is 0.381 e. The molecule has 1 N–H and O–H groups in total. The van der Waals surface area contributed by atoms with Crippen LogP contribution in [0.25, 0.3) is 10.9 Å². The Balaban J connectivity index is 1.43. The molecule has 0 saturated carbocycles. The van der Waals surface area contributed by atoms with Gasteiger partial charge in [-0.1, -0.05) is 0 Å². The van der Waals surface area contributed by atoms with E-state index in [0.717, 1.165) is 55.5 Å². The summed E-state index contributed by atoms with van der Waals surface area (Å²) in [6.45, 7) is 4.78. The van der Waals surface area contributed by atoms with Gasteiger partial charge in [0.15, 0.2) is 0 Å². The minimum atomic E-state index is -2.82. The Labute approximate surface area is 206 Å². The standard InChI is InChI=1S/C25H33N3O6S/c1-2-27(13-24(29)26-19-14-34-15-19)25(30)18-4-6-23-21(12-18)20-11-17(16-7-9-33-10-8-16)3-5-22(20)28(23)35(31)32/h4,6,12,16-17,19,35H,2-3,5,7-11,13-15H2,1H3,(H,26,29). The van der Waals surface area contributed by atoms with Crippen molar-refractivity contribution in [2.75, 3.05) is 39.5 Å². The van der Waals surface area contributed by atoms with Crippen LogP contribution in [0.1, 0.15) is 47.8 Å². The van der Waals surface area contributed by atoms with Gasteiger partial charge >= 0.3 is 0 Å². The number of nitrogens with zero attached hydrogens (tertiary/aromatic N) is 2. The van der Waals surface area contributed by atoms with Gasteiger partial charge in [-0.25, -0.2) is 12.4 Å². The number of carbonyl (C=O) groups excluding carboxylic acids is 2. The maximum absolute atomic E-state index is 13.3. The van der Waals surface area contributed by atoms with Gasteiger partial charge in [0.25, 0.3) is 5.91 Å². The number of fused-ring (bicyclic) bond motifs is 3. The van der Waals surface area contributed by atoms with E-state index < -0.39 is 10.9 Å². The first kappa shape index (κ1) is 24.3. The molecule has 2 saturated heterocycles. The van der Waals surface area contributed by atoms with Crippen molar-refractivity contribution in [3.63, 3.8) is 0 Å². The average molecular weight is 504 g/mol. The molecule has 9 nitrogen and oxygen atoms in total. The van der Waals surface area contributed by atoms with Gasteiger partial charge in [-0.3, -0.25) is 9.59 Å². The smallest absolute Gasteiger partial charge is 0.254 e. The first-order valence-corrected chi connectivity index (χ1v) is 13.6. The molecule has 3 heterocycles. The third-order valence-corrected chi connectivity index (χ3v) is 8.51. The molecule has 1 unspecified atom stereocenters. The second kappa shape index (κ2) is 10.3. The number of ether oxygens (including phenoxy) is 2. The monoisotopic (exact) mass is 503 g/mol. The van der Waals surface area contributed by atoms with Gasteiger partial charge in [0.2, 0.25) is 16.8 Å². The summed E-state index contributed by atoms with van der Waals surface area (Å²) in [7, 11) is -2.82. The Morgan fingerprint density at radius 1 is 1.11 bits per heavy atom. The van der Waals surface area contributed by atoms with Crippen LogP contribution < -0.4 is 5.32 Å². The lowest BCUT2D eigenvalue weighted by atomic mass is 9.75. The molecule has 2 aliphatic heterocycles. The zero-order valence-corrected chi connectivity index (χ0v) is 20.9. The maximum Gasteiger partial charge on any atom is 0.254 e. The van der Waals surface area contributed by atoms with Gasteiger partial charge in [0.1, 0.15) is 0 Å². The Kier molecular flexibility index (Phi) is 7.13. The lowest BCUT2D eigenvalue weighted by molar-refractivity contribution is -0.125. The predicted molar refractivity (Wildman–Crippen MR) is 131 cm³/mol. The molecule has 35 heavy (non-hydrogen) atoms. The summed E-state index contributed by atoms with van der Waals surface area (Å²) < 4.78 is 36.5. The Morgan fingerprint density at radius 2 is 1.89 bits per heavy atom. The number of thiol groups is 1. The molecule has 190 valence electrons. The first-order chi connectivity index (χ1) is 17.0. The highest BCUT2D eigenvalue weighted by Crippen LogP contribution is 2.39. The van der Waals surface area contributed by atoms with Crippen molar-refractivity contribution in [1.29, 1.82) is 0 Å². The summed E-state index contributed by atoms with van der Waals surface area (Å²) in [6.07, 6.45) is 4.57. The van der Waals surface area contributed by atoms with E-state index in [9.17, 15) is 18.0 Å². The number of rotatable bonds is 7. The number of hydrogen-bond acceptors (Lipinski definition) is 6. The van der Waals surface area contributed by atoms with E-state index in [0.29, 0.717) is 49.1 Å². The van der Waals surface area contributed by atoms with Crippen LogP contribution in [0.5, 0.6) is 0 Å². The second-order valence-electron chi connectivity index (χ2n) is 9.78. The molecule has 3 aliphatic rings. The molecular formula is C25H33N3O6S. The number of benzene rings is 1. The van der Waals surface area contributed by atoms with Gasteiger partial charge in [-0.15, -0.1) is 0 Å². The van der Waals surface area contributed by atoms with Crippen molar-refractivity contribution in [3.05, 3.63) is 35.0 Å². The molecule has 0 radical (unpaired) electrons. The summed E-state index contributed by atoms with van der Waals surface area (Å²) >= 11 is 0. The zero-order valence-electron chi connectivity index (χ0n) is 20.0. The molecule has 1 aromatic heterocycles. The highest BCUT2D eigenvalue weighted by molar-refractivity contribution is 7.71. The van der Waals surface area contributed by atoms with Gasteiger partial charge in [-0.05, 0) is 74.6 Å². The SMILES string of the molecule is CCN(CC(=O)NC1COC1)C(=O)c1ccc2c(c1)c1c(n2[SH](=O)=O)CCC(C2CCOCC2)C1. The summed E-state index contributed by atoms with van der Waals surface area (Å²) in [5.74, 6) is 0.622. The van der Waals surface area contributed by atoms with Gasteiger partial charge < -0.3 is 19.7 Å². The summed E-state index contributed by atoms with van der Waals surface area (Å²) in [5, 5.41) is 3.70. The Hall–Kier alpha value is -2.43. The lowest BCUT2D eigenvalue weighted by Crippen LogP contribution is -2.51. The molecule has 2 amide bonds. The fourth-order valence-corrected chi connectivity index (χ4v) is 6.51. The Bertz CT molecular complexity index is 1190. The third-order valence-electron chi connectivity index (χ3n) is 7.72. The molecule has 1 atom stereocenters.